The molecule has 1 aromatic heterocycles. The molecule has 0 fully saturated rings. The molecule has 0 aliphatic heterocycles. The van der Waals surface area contributed by atoms with Gasteiger partial charge in [-0.1, -0.05) is 23.7 Å². The van der Waals surface area contributed by atoms with Crippen molar-refractivity contribution in [3.63, 3.8) is 0 Å². The second-order valence-corrected chi connectivity index (χ2v) is 8.09. The fourth-order valence-corrected chi connectivity index (χ4v) is 3.52. The lowest BCUT2D eigenvalue weighted by atomic mass is 10.1. The molecule has 0 spiro atoms. The third-order valence-electron chi connectivity index (χ3n) is 2.69. The number of aliphatic hydroxyl groups excluding tert-OH is 1. The van der Waals surface area contributed by atoms with Gasteiger partial charge in [0.1, 0.15) is 0 Å². The maximum absolute atomic E-state index is 11.5. The van der Waals surface area contributed by atoms with Crippen molar-refractivity contribution in [2.45, 2.75) is 17.4 Å². The van der Waals surface area contributed by atoms with E-state index in [-0.39, 0.29) is 4.90 Å². The molecule has 0 radical (unpaired) electrons. The molecule has 1 heterocycles. The van der Waals surface area contributed by atoms with Crippen molar-refractivity contribution in [2.75, 3.05) is 6.26 Å². The lowest BCUT2D eigenvalue weighted by Gasteiger charge is -2.10. The number of benzene rings is 1. The number of hydrogen-bond donors (Lipinski definition) is 1. The average molecular weight is 317 g/mol. The first-order valence-corrected chi connectivity index (χ1v) is 8.67. The van der Waals surface area contributed by atoms with E-state index in [9.17, 15) is 13.5 Å². The molecule has 2 aromatic rings. The van der Waals surface area contributed by atoms with E-state index < -0.39 is 15.9 Å². The van der Waals surface area contributed by atoms with E-state index in [2.05, 4.69) is 0 Å². The molecule has 0 aliphatic carbocycles. The van der Waals surface area contributed by atoms with Crippen molar-refractivity contribution < 1.29 is 13.5 Å². The molecule has 0 saturated heterocycles. The Balaban J connectivity index is 2.22. The average Bonchev–Trinajstić information content (AvgIpc) is 2.74. The summed E-state index contributed by atoms with van der Waals surface area (Å²) in [6.45, 7) is 0. The number of halogens is 1. The van der Waals surface area contributed by atoms with E-state index in [1.165, 1.54) is 23.5 Å². The number of aliphatic hydroxyl groups is 1. The van der Waals surface area contributed by atoms with Gasteiger partial charge < -0.3 is 5.11 Å². The van der Waals surface area contributed by atoms with Crippen LogP contribution in [0.15, 0.2) is 41.3 Å². The summed E-state index contributed by atoms with van der Waals surface area (Å²) in [6, 6.07) is 10.0. The summed E-state index contributed by atoms with van der Waals surface area (Å²) in [5, 5.41) is 10.1. The zero-order valence-electron chi connectivity index (χ0n) is 10.2. The molecule has 0 aliphatic rings. The van der Waals surface area contributed by atoms with Crippen LogP contribution in [0.4, 0.5) is 0 Å². The standard InChI is InChI=1S/C13H13ClO3S2/c1-19(16,17)11-4-2-3-9(7-11)12(15)8-10-5-6-13(14)18-10/h2-7,12,15H,8H2,1H3. The third kappa shape index (κ3) is 3.79. The van der Waals surface area contributed by atoms with Crippen LogP contribution in [0.3, 0.4) is 0 Å². The monoisotopic (exact) mass is 316 g/mol. The maximum Gasteiger partial charge on any atom is 0.175 e. The number of thiophene rings is 1. The van der Waals surface area contributed by atoms with E-state index in [0.717, 1.165) is 11.1 Å². The summed E-state index contributed by atoms with van der Waals surface area (Å²) in [5.74, 6) is 0. The van der Waals surface area contributed by atoms with Crippen molar-refractivity contribution in [2.24, 2.45) is 0 Å². The fourth-order valence-electron chi connectivity index (χ4n) is 1.72. The van der Waals surface area contributed by atoms with Gasteiger partial charge >= 0.3 is 0 Å². The van der Waals surface area contributed by atoms with Crippen LogP contribution in [-0.4, -0.2) is 19.8 Å². The number of hydrogen-bond acceptors (Lipinski definition) is 4. The predicted molar refractivity (Wildman–Crippen MR) is 77.5 cm³/mol. The number of rotatable bonds is 4. The van der Waals surface area contributed by atoms with Crippen molar-refractivity contribution in [1.82, 2.24) is 0 Å². The summed E-state index contributed by atoms with van der Waals surface area (Å²) in [6.07, 6.45) is 0.832. The molecule has 1 aromatic carbocycles. The normalized spacial score (nSPS) is 13.4. The van der Waals surface area contributed by atoms with Crippen molar-refractivity contribution >= 4 is 32.8 Å². The van der Waals surface area contributed by atoms with Gasteiger partial charge in [-0.05, 0) is 29.8 Å². The van der Waals surface area contributed by atoms with Crippen LogP contribution >= 0.6 is 22.9 Å². The molecule has 1 atom stereocenters. The van der Waals surface area contributed by atoms with Crippen molar-refractivity contribution in [3.8, 4) is 0 Å². The summed E-state index contributed by atoms with van der Waals surface area (Å²) in [5.41, 5.74) is 0.590. The Kier molecular flexibility index (Phi) is 4.30. The van der Waals surface area contributed by atoms with Gasteiger partial charge in [0, 0.05) is 17.6 Å². The van der Waals surface area contributed by atoms with Gasteiger partial charge in [0.2, 0.25) is 0 Å². The van der Waals surface area contributed by atoms with E-state index in [4.69, 9.17) is 11.6 Å². The zero-order valence-corrected chi connectivity index (χ0v) is 12.6. The highest BCUT2D eigenvalue weighted by molar-refractivity contribution is 7.90. The van der Waals surface area contributed by atoms with E-state index >= 15 is 0 Å². The maximum atomic E-state index is 11.5. The minimum atomic E-state index is -3.26. The quantitative estimate of drug-likeness (QED) is 0.943. The fraction of sp³-hybridized carbons (Fsp3) is 0.231. The smallest absolute Gasteiger partial charge is 0.175 e. The van der Waals surface area contributed by atoms with Crippen LogP contribution in [0.25, 0.3) is 0 Å². The van der Waals surface area contributed by atoms with Crippen LogP contribution in [0, 0.1) is 0 Å². The topological polar surface area (TPSA) is 54.4 Å². The lowest BCUT2D eigenvalue weighted by Crippen LogP contribution is -2.03. The van der Waals surface area contributed by atoms with Crippen LogP contribution in [0.1, 0.15) is 16.5 Å². The first-order valence-electron chi connectivity index (χ1n) is 5.58. The minimum absolute atomic E-state index is 0.216. The van der Waals surface area contributed by atoms with Crippen LogP contribution in [0.5, 0.6) is 0 Å². The highest BCUT2D eigenvalue weighted by Gasteiger charge is 2.13. The summed E-state index contributed by atoms with van der Waals surface area (Å²) in [4.78, 5) is 1.18. The summed E-state index contributed by atoms with van der Waals surface area (Å²) < 4.78 is 23.6. The molecular weight excluding hydrogens is 304 g/mol. The Morgan fingerprint density at radius 3 is 2.63 bits per heavy atom. The van der Waals surface area contributed by atoms with Gasteiger partial charge in [-0.3, -0.25) is 0 Å². The van der Waals surface area contributed by atoms with Crippen LogP contribution in [-0.2, 0) is 16.3 Å². The van der Waals surface area contributed by atoms with Gasteiger partial charge in [0.05, 0.1) is 15.3 Å². The Morgan fingerprint density at radius 1 is 1.32 bits per heavy atom. The molecule has 0 saturated carbocycles. The Morgan fingerprint density at radius 2 is 2.05 bits per heavy atom. The second-order valence-electron chi connectivity index (χ2n) is 4.27. The zero-order chi connectivity index (χ0) is 14.0. The molecule has 0 bridgehead atoms. The predicted octanol–water partition coefficient (Wildman–Crippen LogP) is 3.08. The van der Waals surface area contributed by atoms with Crippen LogP contribution in [0.2, 0.25) is 4.34 Å². The van der Waals surface area contributed by atoms with Gasteiger partial charge in [-0.15, -0.1) is 11.3 Å². The Labute approximate surface area is 121 Å². The van der Waals surface area contributed by atoms with Crippen molar-refractivity contribution in [3.05, 3.63) is 51.2 Å². The molecular formula is C13H13ClO3S2. The molecule has 19 heavy (non-hydrogen) atoms. The minimum Gasteiger partial charge on any atom is -0.388 e. The first kappa shape index (κ1) is 14.5. The second kappa shape index (κ2) is 5.63. The molecule has 6 heteroatoms. The molecule has 2 rings (SSSR count). The SMILES string of the molecule is CS(=O)(=O)c1cccc(C(O)Cc2ccc(Cl)s2)c1. The number of sulfone groups is 1. The summed E-state index contributed by atoms with van der Waals surface area (Å²) >= 11 is 7.24. The van der Waals surface area contributed by atoms with E-state index in [0.29, 0.717) is 16.3 Å². The third-order valence-corrected chi connectivity index (χ3v) is 5.06. The van der Waals surface area contributed by atoms with Crippen molar-refractivity contribution in [1.29, 1.82) is 0 Å². The molecule has 1 N–H and O–H groups in total. The van der Waals surface area contributed by atoms with Gasteiger partial charge in [0.15, 0.2) is 9.84 Å². The summed E-state index contributed by atoms with van der Waals surface area (Å²) in [7, 11) is -3.26. The molecule has 3 nitrogen and oxygen atoms in total. The Bertz CT molecular complexity index is 677. The van der Waals surface area contributed by atoms with Gasteiger partial charge in [-0.2, -0.15) is 0 Å². The highest BCUT2D eigenvalue weighted by Crippen LogP contribution is 2.27. The Hall–Kier alpha value is -0.880. The lowest BCUT2D eigenvalue weighted by molar-refractivity contribution is 0.179. The van der Waals surface area contributed by atoms with Crippen LogP contribution < -0.4 is 0 Å². The van der Waals surface area contributed by atoms with Gasteiger partial charge in [-0.25, -0.2) is 8.42 Å². The highest BCUT2D eigenvalue weighted by atomic mass is 35.5. The van der Waals surface area contributed by atoms with E-state index in [1.807, 2.05) is 6.07 Å². The molecule has 0 amide bonds. The first-order chi connectivity index (χ1) is 8.86. The molecule has 102 valence electrons. The largest absolute Gasteiger partial charge is 0.388 e. The van der Waals surface area contributed by atoms with E-state index in [1.54, 1.807) is 18.2 Å². The molecule has 1 unspecified atom stereocenters. The van der Waals surface area contributed by atoms with Gasteiger partial charge in [0.25, 0.3) is 0 Å².